The highest BCUT2D eigenvalue weighted by molar-refractivity contribution is 6.11. The van der Waals surface area contributed by atoms with Crippen molar-refractivity contribution in [2.45, 2.75) is 40.1 Å². The molecule has 1 aromatic heterocycles. The molecule has 0 aliphatic carbocycles. The van der Waals surface area contributed by atoms with Crippen molar-refractivity contribution in [3.63, 3.8) is 0 Å². The molecular formula is C30H31N3O7. The van der Waals surface area contributed by atoms with Crippen molar-refractivity contribution < 1.29 is 33.3 Å². The van der Waals surface area contributed by atoms with E-state index in [0.29, 0.717) is 39.4 Å². The quantitative estimate of drug-likeness (QED) is 0.179. The predicted octanol–water partition coefficient (Wildman–Crippen LogP) is 6.02. The lowest BCUT2D eigenvalue weighted by Gasteiger charge is -2.18. The van der Waals surface area contributed by atoms with E-state index in [0.717, 1.165) is 0 Å². The van der Waals surface area contributed by atoms with Gasteiger partial charge in [0.15, 0.2) is 5.69 Å². The summed E-state index contributed by atoms with van der Waals surface area (Å²) in [5, 5.41) is 10.2. The topological polar surface area (TPSA) is 137 Å². The monoisotopic (exact) mass is 545 g/mol. The summed E-state index contributed by atoms with van der Waals surface area (Å²) in [5.74, 6) is -0.912. The van der Waals surface area contributed by atoms with E-state index in [1.807, 2.05) is 0 Å². The molecule has 0 aliphatic heterocycles. The Morgan fingerprint density at radius 3 is 2.27 bits per heavy atom. The summed E-state index contributed by atoms with van der Waals surface area (Å²) in [6.45, 7) is 10.2. The van der Waals surface area contributed by atoms with Crippen molar-refractivity contribution in [2.24, 2.45) is 0 Å². The van der Waals surface area contributed by atoms with Crippen LogP contribution >= 0.6 is 0 Å². The molecule has 1 amide bonds. The minimum absolute atomic E-state index is 0.0922. The lowest BCUT2D eigenvalue weighted by atomic mass is 9.94. The van der Waals surface area contributed by atoms with Gasteiger partial charge in [0.2, 0.25) is 6.29 Å². The third kappa shape index (κ3) is 7.31. The van der Waals surface area contributed by atoms with E-state index in [1.54, 1.807) is 75.4 Å². The number of nitrogens with one attached hydrogen (secondary N) is 2. The van der Waals surface area contributed by atoms with Crippen molar-refractivity contribution in [1.82, 2.24) is 4.98 Å². The van der Waals surface area contributed by atoms with Gasteiger partial charge in [0.25, 0.3) is 5.91 Å². The van der Waals surface area contributed by atoms with Crippen LogP contribution < -0.4 is 10.1 Å². The number of hydrogen-bond donors (Lipinski definition) is 2. The minimum atomic E-state index is -1.27. The Morgan fingerprint density at radius 1 is 0.975 bits per heavy atom. The summed E-state index contributed by atoms with van der Waals surface area (Å²) < 4.78 is 20.8. The number of esters is 1. The number of carbonyl (C=O) groups is 3. The smallest absolute Gasteiger partial charge is 0.496 e. The zero-order chi connectivity index (χ0) is 29.4. The van der Waals surface area contributed by atoms with Crippen LogP contribution in [0.4, 0.5) is 10.5 Å². The van der Waals surface area contributed by atoms with E-state index in [1.165, 1.54) is 20.2 Å². The minimum Gasteiger partial charge on any atom is -0.496 e. The summed E-state index contributed by atoms with van der Waals surface area (Å²) >= 11 is 0. The first-order chi connectivity index (χ1) is 19.1. The molecule has 1 atom stereocenters. The van der Waals surface area contributed by atoms with E-state index in [2.05, 4.69) is 16.9 Å². The third-order valence-electron chi connectivity index (χ3n) is 5.55. The van der Waals surface area contributed by atoms with Crippen LogP contribution in [0.2, 0.25) is 0 Å². The van der Waals surface area contributed by atoms with Crippen molar-refractivity contribution in [2.75, 3.05) is 12.4 Å². The average Bonchev–Trinajstić information content (AvgIpc) is 2.92. The fraction of sp³-hybridized carbons (Fsp3) is 0.233. The Morgan fingerprint density at radius 2 is 1.68 bits per heavy atom. The van der Waals surface area contributed by atoms with E-state index in [9.17, 15) is 14.4 Å². The molecule has 0 saturated heterocycles. The summed E-state index contributed by atoms with van der Waals surface area (Å²) in [4.78, 5) is 43.0. The fourth-order valence-corrected chi connectivity index (χ4v) is 3.72. The van der Waals surface area contributed by atoms with Gasteiger partial charge in [-0.25, -0.2) is 14.6 Å². The van der Waals surface area contributed by atoms with Gasteiger partial charge in [-0.1, -0.05) is 30.9 Å². The van der Waals surface area contributed by atoms with Gasteiger partial charge in [-0.15, -0.1) is 0 Å². The van der Waals surface area contributed by atoms with Crippen LogP contribution in [0.25, 0.3) is 17.2 Å². The van der Waals surface area contributed by atoms with Gasteiger partial charge in [-0.05, 0) is 56.7 Å². The van der Waals surface area contributed by atoms with Gasteiger partial charge >= 0.3 is 12.1 Å². The van der Waals surface area contributed by atoms with Gasteiger partial charge in [-0.3, -0.25) is 4.79 Å². The molecule has 0 saturated carbocycles. The van der Waals surface area contributed by atoms with Crippen LogP contribution in [0.3, 0.4) is 0 Å². The second kappa shape index (κ2) is 13.2. The van der Waals surface area contributed by atoms with E-state index in [-0.39, 0.29) is 11.3 Å². The third-order valence-corrected chi connectivity index (χ3v) is 5.55. The Kier molecular flexibility index (Phi) is 9.75. The first-order valence-electron chi connectivity index (χ1n) is 12.4. The number of aromatic nitrogens is 1. The van der Waals surface area contributed by atoms with Crippen LogP contribution in [0, 0.1) is 12.3 Å². The number of nitrogens with zero attached hydrogens (tertiary/aromatic N) is 1. The molecule has 40 heavy (non-hydrogen) atoms. The molecule has 10 heteroatoms. The average molecular weight is 546 g/mol. The number of amides is 1. The largest absolute Gasteiger partial charge is 0.511 e. The second-order valence-corrected chi connectivity index (χ2v) is 8.92. The van der Waals surface area contributed by atoms with Crippen molar-refractivity contribution in [3.8, 4) is 16.9 Å². The Labute approximate surface area is 232 Å². The van der Waals surface area contributed by atoms with Gasteiger partial charge in [0, 0.05) is 46.8 Å². The highest BCUT2D eigenvalue weighted by atomic mass is 16.8. The van der Waals surface area contributed by atoms with Gasteiger partial charge < -0.3 is 29.7 Å². The molecule has 0 fully saturated rings. The molecule has 0 radical (unpaired) electrons. The number of aryl methyl sites for hydroxylation is 1. The SMILES string of the molecule is C=Cc1cc(C(=O)Nc2ccc(C=N)cc2)c(-c2ccc(C)nc2C(=O)OC(C)OC(=O)OC(C)C)cc1OC. The Balaban J connectivity index is 2.05. The fourth-order valence-electron chi connectivity index (χ4n) is 3.72. The molecule has 208 valence electrons. The zero-order valence-corrected chi connectivity index (χ0v) is 22.9. The highest BCUT2D eigenvalue weighted by Crippen LogP contribution is 2.34. The molecule has 3 rings (SSSR count). The van der Waals surface area contributed by atoms with Crippen LogP contribution in [-0.4, -0.2) is 48.7 Å². The maximum atomic E-state index is 13.5. The van der Waals surface area contributed by atoms with Crippen LogP contribution in [0.15, 0.2) is 55.1 Å². The first kappa shape index (κ1) is 29.6. The van der Waals surface area contributed by atoms with E-state index < -0.39 is 30.4 Å². The molecule has 1 heterocycles. The van der Waals surface area contributed by atoms with E-state index in [4.69, 9.17) is 24.4 Å². The number of pyridine rings is 1. The molecule has 0 aliphatic rings. The summed E-state index contributed by atoms with van der Waals surface area (Å²) in [5.41, 5.74) is 3.05. The molecule has 2 aromatic carbocycles. The number of ether oxygens (including phenoxy) is 4. The lowest BCUT2D eigenvalue weighted by molar-refractivity contribution is -0.0868. The van der Waals surface area contributed by atoms with Gasteiger partial charge in [-0.2, -0.15) is 0 Å². The van der Waals surface area contributed by atoms with Crippen LogP contribution in [0.1, 0.15) is 58.4 Å². The molecule has 2 N–H and O–H groups in total. The number of methoxy groups -OCH3 is 1. The van der Waals surface area contributed by atoms with Crippen LogP contribution in [0.5, 0.6) is 5.75 Å². The highest BCUT2D eigenvalue weighted by Gasteiger charge is 2.25. The van der Waals surface area contributed by atoms with Crippen molar-refractivity contribution in [1.29, 1.82) is 5.41 Å². The maximum absolute atomic E-state index is 13.5. The standard InChI is InChI=1S/C30H31N3O7/c1-7-21-14-25(28(34)33-22-11-9-20(16-31)10-12-22)24(15-26(21)37-6)23-13-8-18(4)32-27(23)29(35)39-19(5)40-30(36)38-17(2)3/h7-17,19,31H,1H2,2-6H3,(H,33,34). The van der Waals surface area contributed by atoms with Crippen molar-refractivity contribution >= 4 is 36.0 Å². The number of rotatable bonds is 10. The molecular weight excluding hydrogens is 514 g/mol. The second-order valence-electron chi connectivity index (χ2n) is 8.92. The van der Waals surface area contributed by atoms with E-state index >= 15 is 0 Å². The molecule has 3 aromatic rings. The number of benzene rings is 2. The lowest BCUT2D eigenvalue weighted by Crippen LogP contribution is -2.24. The van der Waals surface area contributed by atoms with Gasteiger partial charge in [0.05, 0.1) is 13.2 Å². The summed E-state index contributed by atoms with van der Waals surface area (Å²) in [7, 11) is 1.48. The molecule has 1 unspecified atom stereocenters. The summed E-state index contributed by atoms with van der Waals surface area (Å²) in [6.07, 6.45) is 0.0971. The number of carbonyl (C=O) groups excluding carboxylic acids is 3. The molecule has 10 nitrogen and oxygen atoms in total. The maximum Gasteiger partial charge on any atom is 0.511 e. The number of anilines is 1. The Bertz CT molecular complexity index is 1430. The Hall–Kier alpha value is -4.99. The predicted molar refractivity (Wildman–Crippen MR) is 151 cm³/mol. The number of hydrogen-bond acceptors (Lipinski definition) is 9. The summed E-state index contributed by atoms with van der Waals surface area (Å²) in [6, 6.07) is 13.3. The first-order valence-corrected chi connectivity index (χ1v) is 12.4. The van der Waals surface area contributed by atoms with Crippen molar-refractivity contribution in [3.05, 3.63) is 83.2 Å². The molecule has 0 spiro atoms. The van der Waals surface area contributed by atoms with Crippen LogP contribution in [-0.2, 0) is 14.2 Å². The van der Waals surface area contributed by atoms with Gasteiger partial charge in [0.1, 0.15) is 5.75 Å². The molecule has 0 bridgehead atoms. The normalized spacial score (nSPS) is 11.2. The zero-order valence-electron chi connectivity index (χ0n) is 22.9.